The average Bonchev–Trinajstić information content (AvgIpc) is 3.19. The molecule has 0 unspecified atom stereocenters. The number of piperidine rings is 1. The van der Waals surface area contributed by atoms with Gasteiger partial charge in [-0.15, -0.1) is 0 Å². The third-order valence-corrected chi connectivity index (χ3v) is 5.59. The molecule has 1 aliphatic rings. The van der Waals surface area contributed by atoms with E-state index >= 15 is 0 Å². The molecule has 0 spiro atoms. The molecule has 0 saturated carbocycles. The number of carbonyl (C=O) groups is 1. The van der Waals surface area contributed by atoms with Crippen molar-refractivity contribution in [2.45, 2.75) is 38.5 Å². The van der Waals surface area contributed by atoms with Crippen molar-refractivity contribution in [1.82, 2.24) is 20.3 Å². The molecule has 1 atom stereocenters. The number of aromatic amines is 1. The molecule has 29 heavy (non-hydrogen) atoms. The lowest BCUT2D eigenvalue weighted by Crippen LogP contribution is -2.40. The van der Waals surface area contributed by atoms with Crippen LogP contribution in [0.5, 0.6) is 0 Å². The van der Waals surface area contributed by atoms with Crippen LogP contribution in [0.25, 0.3) is 11.3 Å². The van der Waals surface area contributed by atoms with Gasteiger partial charge in [0, 0.05) is 36.7 Å². The van der Waals surface area contributed by atoms with Gasteiger partial charge >= 0.3 is 0 Å². The number of hydrogen-bond donors (Lipinski definition) is 1. The van der Waals surface area contributed by atoms with E-state index in [1.165, 1.54) is 6.07 Å². The topological polar surface area (TPSA) is 92.1 Å². The van der Waals surface area contributed by atoms with Crippen LogP contribution in [-0.2, 0) is 4.79 Å². The Morgan fingerprint density at radius 2 is 1.93 bits per heavy atom. The summed E-state index contributed by atoms with van der Waals surface area (Å²) in [6.07, 6.45) is 1.57. The van der Waals surface area contributed by atoms with Crippen LogP contribution in [0.15, 0.2) is 51.8 Å². The zero-order chi connectivity index (χ0) is 20.4. The summed E-state index contributed by atoms with van der Waals surface area (Å²) in [5.41, 5.74) is 2.98. The second kappa shape index (κ2) is 8.03. The van der Waals surface area contributed by atoms with E-state index in [1.54, 1.807) is 6.07 Å². The number of rotatable bonds is 4. The molecule has 1 saturated heterocycles. The van der Waals surface area contributed by atoms with Crippen LogP contribution in [0, 0.1) is 6.92 Å². The maximum absolute atomic E-state index is 12.9. The lowest BCUT2D eigenvalue weighted by molar-refractivity contribution is -0.133. The smallest absolute Gasteiger partial charge is 0.264 e. The van der Waals surface area contributed by atoms with E-state index in [1.807, 2.05) is 49.1 Å². The number of nitrogens with zero attached hydrogens (tertiary/aromatic N) is 3. The normalized spacial score (nSPS) is 16.0. The molecule has 7 nitrogen and oxygen atoms in total. The number of nitrogens with one attached hydrogen (secondary N) is 1. The first-order chi connectivity index (χ1) is 14.0. The van der Waals surface area contributed by atoms with Gasteiger partial charge in [-0.05, 0) is 32.3 Å². The van der Waals surface area contributed by atoms with Crippen molar-refractivity contribution in [3.63, 3.8) is 0 Å². The highest BCUT2D eigenvalue weighted by molar-refractivity contribution is 5.83. The first-order valence-corrected chi connectivity index (χ1v) is 9.90. The molecule has 1 N–H and O–H groups in total. The van der Waals surface area contributed by atoms with E-state index in [4.69, 9.17) is 4.52 Å². The number of likely N-dealkylation sites (tertiary alicyclic amines) is 1. The number of aromatic nitrogens is 3. The van der Waals surface area contributed by atoms with Gasteiger partial charge in [-0.3, -0.25) is 9.59 Å². The molecular weight excluding hydrogens is 368 g/mol. The van der Waals surface area contributed by atoms with Crippen LogP contribution in [0.2, 0.25) is 0 Å². The van der Waals surface area contributed by atoms with Crippen molar-refractivity contribution in [2.75, 3.05) is 13.1 Å². The minimum absolute atomic E-state index is 0.142. The first-order valence-electron chi connectivity index (χ1n) is 9.90. The largest absolute Gasteiger partial charge is 0.356 e. The van der Waals surface area contributed by atoms with Gasteiger partial charge < -0.3 is 9.42 Å². The van der Waals surface area contributed by atoms with Crippen molar-refractivity contribution in [2.24, 2.45) is 0 Å². The lowest BCUT2D eigenvalue weighted by Gasteiger charge is -2.33. The number of hydrogen-bond acceptors (Lipinski definition) is 5. The van der Waals surface area contributed by atoms with Crippen LogP contribution < -0.4 is 5.56 Å². The molecule has 0 radical (unpaired) electrons. The van der Waals surface area contributed by atoms with E-state index in [9.17, 15) is 9.59 Å². The van der Waals surface area contributed by atoms with Gasteiger partial charge in [0.05, 0.1) is 17.3 Å². The van der Waals surface area contributed by atoms with Gasteiger partial charge in [0.25, 0.3) is 5.56 Å². The molecule has 7 heteroatoms. The maximum Gasteiger partial charge on any atom is 0.264 e. The number of H-pyrrole nitrogens is 1. The Kier molecular flexibility index (Phi) is 5.29. The summed E-state index contributed by atoms with van der Waals surface area (Å²) >= 11 is 0. The Morgan fingerprint density at radius 1 is 1.21 bits per heavy atom. The zero-order valence-corrected chi connectivity index (χ0v) is 16.6. The van der Waals surface area contributed by atoms with Crippen LogP contribution >= 0.6 is 0 Å². The summed E-state index contributed by atoms with van der Waals surface area (Å²) in [4.78, 5) is 26.7. The fourth-order valence-corrected chi connectivity index (χ4v) is 3.94. The van der Waals surface area contributed by atoms with Gasteiger partial charge in [-0.2, -0.15) is 5.10 Å². The Labute approximate surface area is 168 Å². The highest BCUT2D eigenvalue weighted by atomic mass is 16.5. The molecular formula is C22H24N4O3. The van der Waals surface area contributed by atoms with E-state index in [0.717, 1.165) is 29.8 Å². The molecule has 4 rings (SSSR count). The number of carbonyl (C=O) groups excluding carboxylic acids is 1. The highest BCUT2D eigenvalue weighted by Gasteiger charge is 2.30. The van der Waals surface area contributed by atoms with E-state index in [0.29, 0.717) is 24.4 Å². The Hall–Kier alpha value is -3.22. The molecule has 150 valence electrons. The molecule has 0 bridgehead atoms. The molecule has 3 aromatic rings. The highest BCUT2D eigenvalue weighted by Crippen LogP contribution is 2.34. The second-order valence-electron chi connectivity index (χ2n) is 7.60. The number of amides is 1. The Morgan fingerprint density at radius 3 is 2.59 bits per heavy atom. The molecule has 1 fully saturated rings. The molecule has 0 aliphatic carbocycles. The van der Waals surface area contributed by atoms with E-state index < -0.39 is 0 Å². The minimum atomic E-state index is -0.276. The van der Waals surface area contributed by atoms with Gasteiger partial charge in [0.1, 0.15) is 0 Å². The van der Waals surface area contributed by atoms with Crippen molar-refractivity contribution in [3.05, 3.63) is 69.8 Å². The van der Waals surface area contributed by atoms with Gasteiger partial charge in [-0.25, -0.2) is 5.10 Å². The van der Waals surface area contributed by atoms with Crippen LogP contribution in [-0.4, -0.2) is 39.3 Å². The van der Waals surface area contributed by atoms with Crippen LogP contribution in [0.4, 0.5) is 0 Å². The Balaban J connectivity index is 1.49. The number of aryl methyl sites for hydroxylation is 1. The molecule has 1 aliphatic heterocycles. The summed E-state index contributed by atoms with van der Waals surface area (Å²) in [5.74, 6) is 0.678. The standard InChI is InChI=1S/C22H24N4O3/c1-14-12-19(29-25-14)18-13-20(27)23-24-21(18)17-8-10-26(11-9-17)22(28)15(2)16-6-4-3-5-7-16/h3-7,12-13,15,17H,8-11H2,1-2H3,(H,23,27)/t15-/m0/s1. The summed E-state index contributed by atoms with van der Waals surface area (Å²) in [6, 6.07) is 13.2. The van der Waals surface area contributed by atoms with Gasteiger partial charge in [0.15, 0.2) is 5.76 Å². The third-order valence-electron chi connectivity index (χ3n) is 5.59. The second-order valence-corrected chi connectivity index (χ2v) is 7.60. The summed E-state index contributed by atoms with van der Waals surface area (Å²) in [6.45, 7) is 5.12. The van der Waals surface area contributed by atoms with Crippen LogP contribution in [0.3, 0.4) is 0 Å². The predicted molar refractivity (Wildman–Crippen MR) is 109 cm³/mol. The van der Waals surface area contributed by atoms with E-state index in [2.05, 4.69) is 15.4 Å². The molecule has 1 aromatic carbocycles. The van der Waals surface area contributed by atoms with Crippen molar-refractivity contribution < 1.29 is 9.32 Å². The summed E-state index contributed by atoms with van der Waals surface area (Å²) < 4.78 is 5.37. The molecule has 1 amide bonds. The average molecular weight is 392 g/mol. The van der Waals surface area contributed by atoms with Crippen molar-refractivity contribution in [1.29, 1.82) is 0 Å². The van der Waals surface area contributed by atoms with Crippen LogP contribution in [0.1, 0.15) is 48.6 Å². The fourth-order valence-electron chi connectivity index (χ4n) is 3.94. The quantitative estimate of drug-likeness (QED) is 0.736. The third kappa shape index (κ3) is 3.99. The van der Waals surface area contributed by atoms with Crippen molar-refractivity contribution in [3.8, 4) is 11.3 Å². The van der Waals surface area contributed by atoms with Crippen molar-refractivity contribution >= 4 is 5.91 Å². The first kappa shape index (κ1) is 19.1. The van der Waals surface area contributed by atoms with Gasteiger partial charge in [-0.1, -0.05) is 35.5 Å². The minimum Gasteiger partial charge on any atom is -0.356 e. The monoisotopic (exact) mass is 392 g/mol. The molecule has 2 aromatic heterocycles. The van der Waals surface area contributed by atoms with Gasteiger partial charge in [0.2, 0.25) is 5.91 Å². The van der Waals surface area contributed by atoms with E-state index in [-0.39, 0.29) is 23.3 Å². The lowest BCUT2D eigenvalue weighted by atomic mass is 9.89. The SMILES string of the molecule is Cc1cc(-c2cc(=O)[nH]nc2C2CCN(C(=O)[C@@H](C)c3ccccc3)CC2)on1. The Bertz CT molecular complexity index is 1050. The zero-order valence-electron chi connectivity index (χ0n) is 16.6. The summed E-state index contributed by atoms with van der Waals surface area (Å²) in [7, 11) is 0. The molecule has 3 heterocycles. The maximum atomic E-state index is 12.9. The fraction of sp³-hybridized carbons (Fsp3) is 0.364. The summed E-state index contributed by atoms with van der Waals surface area (Å²) in [5, 5.41) is 10.8. The number of benzene rings is 1. The predicted octanol–water partition coefficient (Wildman–Crippen LogP) is 3.24.